The number of nitrogens with one attached hydrogen (secondary N) is 1. The quantitative estimate of drug-likeness (QED) is 0.541. The summed E-state index contributed by atoms with van der Waals surface area (Å²) in [5.74, 6) is -0.180. The molecule has 1 rings (SSSR count). The normalized spacial score (nSPS) is 10.1. The standard InChI is InChI=1S/C12H16FN/c1-2-3-4-9-14-10-11-5-7-12(13)8-6-11/h2,5-8,14H,1,3-4,9-10H2. The Bertz CT molecular complexity index is 266. The van der Waals surface area contributed by atoms with E-state index in [1.807, 2.05) is 6.08 Å². The monoisotopic (exact) mass is 193 g/mol. The molecule has 0 aliphatic heterocycles. The van der Waals surface area contributed by atoms with Crippen molar-refractivity contribution in [3.05, 3.63) is 48.3 Å². The Morgan fingerprint density at radius 1 is 1.29 bits per heavy atom. The van der Waals surface area contributed by atoms with Crippen LogP contribution in [0.4, 0.5) is 4.39 Å². The third kappa shape index (κ3) is 4.19. The lowest BCUT2D eigenvalue weighted by Gasteiger charge is -2.03. The van der Waals surface area contributed by atoms with E-state index >= 15 is 0 Å². The van der Waals surface area contributed by atoms with Gasteiger partial charge in [-0.3, -0.25) is 0 Å². The molecule has 0 aliphatic carbocycles. The lowest BCUT2D eigenvalue weighted by atomic mass is 10.2. The Labute approximate surface area is 84.6 Å². The van der Waals surface area contributed by atoms with Crippen molar-refractivity contribution >= 4 is 0 Å². The maximum absolute atomic E-state index is 12.5. The van der Waals surface area contributed by atoms with E-state index in [0.717, 1.165) is 31.5 Å². The molecule has 0 unspecified atom stereocenters. The maximum Gasteiger partial charge on any atom is 0.123 e. The summed E-state index contributed by atoms with van der Waals surface area (Å²) in [6.45, 7) is 5.44. The molecule has 1 N–H and O–H groups in total. The Morgan fingerprint density at radius 2 is 2.00 bits per heavy atom. The fraction of sp³-hybridized carbons (Fsp3) is 0.333. The topological polar surface area (TPSA) is 12.0 Å². The van der Waals surface area contributed by atoms with Gasteiger partial charge in [-0.2, -0.15) is 0 Å². The molecular weight excluding hydrogens is 177 g/mol. The van der Waals surface area contributed by atoms with E-state index in [1.54, 1.807) is 12.1 Å². The first-order valence-electron chi connectivity index (χ1n) is 4.89. The summed E-state index contributed by atoms with van der Waals surface area (Å²) in [6.07, 6.45) is 4.06. The molecule has 1 aromatic rings. The van der Waals surface area contributed by atoms with Crippen LogP contribution in [0.5, 0.6) is 0 Å². The SMILES string of the molecule is C=CCCCNCc1ccc(F)cc1. The lowest BCUT2D eigenvalue weighted by molar-refractivity contribution is 0.623. The van der Waals surface area contributed by atoms with Crippen molar-refractivity contribution in [3.63, 3.8) is 0 Å². The molecule has 0 saturated heterocycles. The summed E-state index contributed by atoms with van der Waals surface area (Å²) in [6, 6.07) is 6.58. The van der Waals surface area contributed by atoms with Crippen molar-refractivity contribution in [2.45, 2.75) is 19.4 Å². The lowest BCUT2D eigenvalue weighted by Crippen LogP contribution is -2.14. The van der Waals surface area contributed by atoms with Gasteiger partial charge in [0.2, 0.25) is 0 Å². The van der Waals surface area contributed by atoms with Gasteiger partial charge in [-0.1, -0.05) is 18.2 Å². The van der Waals surface area contributed by atoms with Crippen LogP contribution in [-0.2, 0) is 6.54 Å². The van der Waals surface area contributed by atoms with E-state index in [4.69, 9.17) is 0 Å². The van der Waals surface area contributed by atoms with E-state index in [9.17, 15) is 4.39 Å². The van der Waals surface area contributed by atoms with Crippen LogP contribution in [0.25, 0.3) is 0 Å². The van der Waals surface area contributed by atoms with E-state index in [1.165, 1.54) is 12.1 Å². The summed E-state index contributed by atoms with van der Waals surface area (Å²) in [5.41, 5.74) is 1.12. The van der Waals surface area contributed by atoms with Crippen molar-refractivity contribution in [1.82, 2.24) is 5.32 Å². The van der Waals surface area contributed by atoms with Crippen LogP contribution in [-0.4, -0.2) is 6.54 Å². The zero-order valence-corrected chi connectivity index (χ0v) is 8.30. The van der Waals surface area contributed by atoms with Crippen LogP contribution in [0.3, 0.4) is 0 Å². The van der Waals surface area contributed by atoms with Crippen molar-refractivity contribution in [3.8, 4) is 0 Å². The molecule has 0 aromatic heterocycles. The largest absolute Gasteiger partial charge is 0.313 e. The Morgan fingerprint density at radius 3 is 2.64 bits per heavy atom. The smallest absolute Gasteiger partial charge is 0.123 e. The summed E-state index contributed by atoms with van der Waals surface area (Å²) >= 11 is 0. The number of benzene rings is 1. The highest BCUT2D eigenvalue weighted by Gasteiger charge is 1.92. The molecule has 1 aromatic carbocycles. The highest BCUT2D eigenvalue weighted by atomic mass is 19.1. The summed E-state index contributed by atoms with van der Waals surface area (Å²) in [4.78, 5) is 0. The number of rotatable bonds is 6. The Kier molecular flexibility index (Phi) is 4.94. The molecule has 0 fully saturated rings. The van der Waals surface area contributed by atoms with Gasteiger partial charge >= 0.3 is 0 Å². The van der Waals surface area contributed by atoms with Crippen molar-refractivity contribution in [1.29, 1.82) is 0 Å². The van der Waals surface area contributed by atoms with Gasteiger partial charge in [-0.05, 0) is 37.1 Å². The zero-order chi connectivity index (χ0) is 10.2. The number of halogens is 1. The molecule has 76 valence electrons. The van der Waals surface area contributed by atoms with Gasteiger partial charge in [0.15, 0.2) is 0 Å². The molecule has 0 atom stereocenters. The average Bonchev–Trinajstić information content (AvgIpc) is 2.21. The first kappa shape index (κ1) is 10.9. The first-order valence-corrected chi connectivity index (χ1v) is 4.89. The molecule has 0 radical (unpaired) electrons. The second-order valence-electron chi connectivity index (χ2n) is 3.23. The van der Waals surface area contributed by atoms with Gasteiger partial charge in [0, 0.05) is 6.54 Å². The summed E-state index contributed by atoms with van der Waals surface area (Å²) in [7, 11) is 0. The molecule has 0 heterocycles. The molecule has 14 heavy (non-hydrogen) atoms. The van der Waals surface area contributed by atoms with E-state index in [2.05, 4.69) is 11.9 Å². The molecular formula is C12H16FN. The Balaban J connectivity index is 2.18. The van der Waals surface area contributed by atoms with Crippen LogP contribution in [0.1, 0.15) is 18.4 Å². The number of allylic oxidation sites excluding steroid dienone is 1. The van der Waals surface area contributed by atoms with E-state index < -0.39 is 0 Å². The van der Waals surface area contributed by atoms with Gasteiger partial charge in [-0.25, -0.2) is 4.39 Å². The minimum Gasteiger partial charge on any atom is -0.313 e. The molecule has 0 spiro atoms. The van der Waals surface area contributed by atoms with Gasteiger partial charge < -0.3 is 5.32 Å². The predicted octanol–water partition coefficient (Wildman–Crippen LogP) is 2.88. The van der Waals surface area contributed by atoms with Crippen molar-refractivity contribution in [2.24, 2.45) is 0 Å². The molecule has 0 amide bonds. The first-order chi connectivity index (χ1) is 6.83. The fourth-order valence-corrected chi connectivity index (χ4v) is 1.21. The summed E-state index contributed by atoms with van der Waals surface area (Å²) in [5, 5.41) is 3.29. The molecule has 2 heteroatoms. The predicted molar refractivity (Wildman–Crippen MR) is 57.5 cm³/mol. The van der Waals surface area contributed by atoms with Gasteiger partial charge in [0.1, 0.15) is 5.82 Å². The molecule has 0 bridgehead atoms. The second kappa shape index (κ2) is 6.33. The van der Waals surface area contributed by atoms with Gasteiger partial charge in [0.05, 0.1) is 0 Å². The highest BCUT2D eigenvalue weighted by Crippen LogP contribution is 2.01. The minimum absolute atomic E-state index is 0.180. The second-order valence-corrected chi connectivity index (χ2v) is 3.23. The van der Waals surface area contributed by atoms with Crippen LogP contribution in [0, 0.1) is 5.82 Å². The van der Waals surface area contributed by atoms with E-state index in [-0.39, 0.29) is 5.82 Å². The van der Waals surface area contributed by atoms with Gasteiger partial charge in [-0.15, -0.1) is 6.58 Å². The Hall–Kier alpha value is -1.15. The minimum atomic E-state index is -0.180. The third-order valence-corrected chi connectivity index (χ3v) is 2.00. The van der Waals surface area contributed by atoms with Crippen LogP contribution >= 0.6 is 0 Å². The maximum atomic E-state index is 12.5. The number of unbranched alkanes of at least 4 members (excludes halogenated alkanes) is 1. The average molecular weight is 193 g/mol. The summed E-state index contributed by atoms with van der Waals surface area (Å²) < 4.78 is 12.5. The van der Waals surface area contributed by atoms with Gasteiger partial charge in [0.25, 0.3) is 0 Å². The van der Waals surface area contributed by atoms with Crippen LogP contribution in [0.2, 0.25) is 0 Å². The third-order valence-electron chi connectivity index (χ3n) is 2.00. The number of hydrogen-bond acceptors (Lipinski definition) is 1. The van der Waals surface area contributed by atoms with E-state index in [0.29, 0.717) is 0 Å². The molecule has 0 aliphatic rings. The molecule has 0 saturated carbocycles. The van der Waals surface area contributed by atoms with Crippen molar-refractivity contribution in [2.75, 3.05) is 6.54 Å². The number of hydrogen-bond donors (Lipinski definition) is 1. The van der Waals surface area contributed by atoms with Crippen LogP contribution < -0.4 is 5.32 Å². The van der Waals surface area contributed by atoms with Crippen LogP contribution in [0.15, 0.2) is 36.9 Å². The molecule has 1 nitrogen and oxygen atoms in total. The zero-order valence-electron chi connectivity index (χ0n) is 8.30. The highest BCUT2D eigenvalue weighted by molar-refractivity contribution is 5.15. The van der Waals surface area contributed by atoms with Crippen molar-refractivity contribution < 1.29 is 4.39 Å². The fourth-order valence-electron chi connectivity index (χ4n) is 1.21.